The molecule has 1 N–H and O–H groups in total. The summed E-state index contributed by atoms with van der Waals surface area (Å²) in [5.74, 6) is 0.0957. The SMILES string of the molecule is COCCC(=O)N1CCCC1CO. The van der Waals surface area contributed by atoms with Gasteiger partial charge < -0.3 is 14.7 Å². The number of rotatable bonds is 4. The number of carbonyl (C=O) groups excluding carboxylic acids is 1. The molecule has 4 heteroatoms. The van der Waals surface area contributed by atoms with Crippen LogP contribution in [-0.2, 0) is 9.53 Å². The smallest absolute Gasteiger partial charge is 0.225 e. The van der Waals surface area contributed by atoms with Crippen LogP contribution in [-0.4, -0.2) is 48.8 Å². The van der Waals surface area contributed by atoms with Gasteiger partial charge in [-0.15, -0.1) is 0 Å². The summed E-state index contributed by atoms with van der Waals surface area (Å²) in [6.45, 7) is 1.33. The number of aliphatic hydroxyl groups is 1. The summed E-state index contributed by atoms with van der Waals surface area (Å²) in [5.41, 5.74) is 0. The Morgan fingerprint density at radius 2 is 2.46 bits per heavy atom. The molecule has 76 valence electrons. The highest BCUT2D eigenvalue weighted by Gasteiger charge is 2.27. The quantitative estimate of drug-likeness (QED) is 0.674. The number of likely N-dealkylation sites (tertiary alicyclic amines) is 1. The average molecular weight is 187 g/mol. The fourth-order valence-electron chi connectivity index (χ4n) is 1.69. The zero-order chi connectivity index (χ0) is 9.68. The fraction of sp³-hybridized carbons (Fsp3) is 0.889. The minimum absolute atomic E-state index is 0.0457. The Kier molecular flexibility index (Phi) is 4.18. The average Bonchev–Trinajstić information content (AvgIpc) is 2.61. The van der Waals surface area contributed by atoms with E-state index in [2.05, 4.69) is 0 Å². The molecule has 1 rings (SSSR count). The maximum Gasteiger partial charge on any atom is 0.225 e. The summed E-state index contributed by atoms with van der Waals surface area (Å²) in [6.07, 6.45) is 2.35. The van der Waals surface area contributed by atoms with Gasteiger partial charge in [0.25, 0.3) is 0 Å². The third-order valence-corrected chi connectivity index (χ3v) is 2.43. The van der Waals surface area contributed by atoms with Crippen molar-refractivity contribution < 1.29 is 14.6 Å². The van der Waals surface area contributed by atoms with E-state index in [4.69, 9.17) is 9.84 Å². The van der Waals surface area contributed by atoms with Gasteiger partial charge in [-0.25, -0.2) is 0 Å². The Bertz CT molecular complexity index is 172. The number of carbonyl (C=O) groups is 1. The third kappa shape index (κ3) is 2.67. The van der Waals surface area contributed by atoms with E-state index in [1.54, 1.807) is 12.0 Å². The van der Waals surface area contributed by atoms with Crippen molar-refractivity contribution in [2.45, 2.75) is 25.3 Å². The van der Waals surface area contributed by atoms with E-state index in [1.807, 2.05) is 0 Å². The topological polar surface area (TPSA) is 49.8 Å². The van der Waals surface area contributed by atoms with Crippen molar-refractivity contribution >= 4 is 5.91 Å². The van der Waals surface area contributed by atoms with E-state index in [0.717, 1.165) is 19.4 Å². The van der Waals surface area contributed by atoms with E-state index in [0.29, 0.717) is 13.0 Å². The van der Waals surface area contributed by atoms with E-state index < -0.39 is 0 Å². The standard InChI is InChI=1S/C9H17NO3/c1-13-6-4-9(12)10-5-2-3-8(10)7-11/h8,11H,2-7H2,1H3. The Balaban J connectivity index is 2.36. The molecule has 1 fully saturated rings. The molecule has 1 aliphatic rings. The van der Waals surface area contributed by atoms with E-state index in [1.165, 1.54) is 0 Å². The normalized spacial score (nSPS) is 22.3. The second-order valence-electron chi connectivity index (χ2n) is 3.31. The maximum absolute atomic E-state index is 11.5. The highest BCUT2D eigenvalue weighted by atomic mass is 16.5. The lowest BCUT2D eigenvalue weighted by molar-refractivity contribution is -0.133. The molecular formula is C9H17NO3. The summed E-state index contributed by atoms with van der Waals surface area (Å²) in [4.78, 5) is 13.3. The van der Waals surface area contributed by atoms with E-state index in [9.17, 15) is 4.79 Å². The minimum Gasteiger partial charge on any atom is -0.394 e. The first-order valence-electron chi connectivity index (χ1n) is 4.69. The van der Waals surface area contributed by atoms with E-state index in [-0.39, 0.29) is 18.6 Å². The molecular weight excluding hydrogens is 170 g/mol. The molecule has 0 aromatic carbocycles. The second kappa shape index (κ2) is 5.19. The molecule has 1 aliphatic heterocycles. The van der Waals surface area contributed by atoms with Crippen molar-refractivity contribution in [3.05, 3.63) is 0 Å². The maximum atomic E-state index is 11.5. The number of nitrogens with zero attached hydrogens (tertiary/aromatic N) is 1. The number of aliphatic hydroxyl groups excluding tert-OH is 1. The van der Waals surface area contributed by atoms with Gasteiger partial charge in [-0.1, -0.05) is 0 Å². The van der Waals surface area contributed by atoms with Crippen molar-refractivity contribution in [1.29, 1.82) is 0 Å². The Hall–Kier alpha value is -0.610. The van der Waals surface area contributed by atoms with Gasteiger partial charge in [0.15, 0.2) is 0 Å². The van der Waals surface area contributed by atoms with Crippen LogP contribution < -0.4 is 0 Å². The molecule has 0 aliphatic carbocycles. The van der Waals surface area contributed by atoms with Crippen LogP contribution in [0.4, 0.5) is 0 Å². The van der Waals surface area contributed by atoms with Crippen LogP contribution in [0.15, 0.2) is 0 Å². The molecule has 13 heavy (non-hydrogen) atoms. The summed E-state index contributed by atoms with van der Waals surface area (Å²) in [7, 11) is 1.58. The van der Waals surface area contributed by atoms with Crippen LogP contribution in [0.1, 0.15) is 19.3 Å². The zero-order valence-electron chi connectivity index (χ0n) is 8.03. The first-order chi connectivity index (χ1) is 6.29. The molecule has 0 radical (unpaired) electrons. The van der Waals surface area contributed by atoms with Gasteiger partial charge in [0.1, 0.15) is 0 Å². The number of amides is 1. The van der Waals surface area contributed by atoms with Crippen LogP contribution in [0.25, 0.3) is 0 Å². The summed E-state index contributed by atoms with van der Waals surface area (Å²) in [5, 5.41) is 8.99. The molecule has 0 bridgehead atoms. The van der Waals surface area contributed by atoms with Crippen molar-refractivity contribution in [2.24, 2.45) is 0 Å². The highest BCUT2D eigenvalue weighted by Crippen LogP contribution is 2.17. The monoisotopic (exact) mass is 187 g/mol. The zero-order valence-corrected chi connectivity index (χ0v) is 8.03. The van der Waals surface area contributed by atoms with Crippen LogP contribution in [0, 0.1) is 0 Å². The summed E-state index contributed by atoms with van der Waals surface area (Å²) < 4.78 is 4.83. The van der Waals surface area contributed by atoms with Crippen LogP contribution in [0.3, 0.4) is 0 Å². The van der Waals surface area contributed by atoms with Gasteiger partial charge in [-0.2, -0.15) is 0 Å². The second-order valence-corrected chi connectivity index (χ2v) is 3.31. The predicted molar refractivity (Wildman–Crippen MR) is 48.3 cm³/mol. The molecule has 0 spiro atoms. The fourth-order valence-corrected chi connectivity index (χ4v) is 1.69. The molecule has 0 saturated carbocycles. The highest BCUT2D eigenvalue weighted by molar-refractivity contribution is 5.76. The lowest BCUT2D eigenvalue weighted by Gasteiger charge is -2.22. The van der Waals surface area contributed by atoms with Gasteiger partial charge in [-0.3, -0.25) is 4.79 Å². The van der Waals surface area contributed by atoms with Gasteiger partial charge in [0, 0.05) is 13.7 Å². The van der Waals surface area contributed by atoms with Crippen molar-refractivity contribution in [1.82, 2.24) is 4.90 Å². The molecule has 1 amide bonds. The molecule has 1 saturated heterocycles. The summed E-state index contributed by atoms with van der Waals surface area (Å²) in [6, 6.07) is 0.0457. The Morgan fingerprint density at radius 3 is 3.08 bits per heavy atom. The van der Waals surface area contributed by atoms with Crippen molar-refractivity contribution in [3.63, 3.8) is 0 Å². The Morgan fingerprint density at radius 1 is 1.69 bits per heavy atom. The first kappa shape index (κ1) is 10.5. The largest absolute Gasteiger partial charge is 0.394 e. The number of ether oxygens (including phenoxy) is 1. The minimum atomic E-state index is 0.0457. The van der Waals surface area contributed by atoms with Gasteiger partial charge >= 0.3 is 0 Å². The third-order valence-electron chi connectivity index (χ3n) is 2.43. The number of hydrogen-bond donors (Lipinski definition) is 1. The number of methoxy groups -OCH3 is 1. The van der Waals surface area contributed by atoms with Crippen molar-refractivity contribution in [2.75, 3.05) is 26.9 Å². The van der Waals surface area contributed by atoms with Crippen LogP contribution >= 0.6 is 0 Å². The molecule has 1 atom stereocenters. The molecule has 4 nitrogen and oxygen atoms in total. The van der Waals surface area contributed by atoms with Crippen molar-refractivity contribution in [3.8, 4) is 0 Å². The molecule has 1 unspecified atom stereocenters. The lowest BCUT2D eigenvalue weighted by Crippen LogP contribution is -2.37. The van der Waals surface area contributed by atoms with Crippen LogP contribution in [0.5, 0.6) is 0 Å². The van der Waals surface area contributed by atoms with Gasteiger partial charge in [0.05, 0.1) is 25.7 Å². The lowest BCUT2D eigenvalue weighted by atomic mass is 10.2. The molecule has 1 heterocycles. The first-order valence-corrected chi connectivity index (χ1v) is 4.69. The summed E-state index contributed by atoms with van der Waals surface area (Å²) >= 11 is 0. The predicted octanol–water partition coefficient (Wildman–Crippen LogP) is 0.00620. The molecule has 0 aromatic heterocycles. The van der Waals surface area contributed by atoms with Gasteiger partial charge in [0.2, 0.25) is 5.91 Å². The Labute approximate surface area is 78.5 Å². The van der Waals surface area contributed by atoms with Crippen LogP contribution in [0.2, 0.25) is 0 Å². The molecule has 0 aromatic rings. The van der Waals surface area contributed by atoms with Gasteiger partial charge in [-0.05, 0) is 12.8 Å². The number of hydrogen-bond acceptors (Lipinski definition) is 3. The van der Waals surface area contributed by atoms with E-state index >= 15 is 0 Å².